The molecule has 0 aliphatic carbocycles. The monoisotopic (exact) mass is 440 g/mol. The number of benzene rings is 2. The molecule has 10 heteroatoms. The van der Waals surface area contributed by atoms with Crippen molar-refractivity contribution in [3.8, 4) is 0 Å². The van der Waals surface area contributed by atoms with E-state index in [-0.39, 0.29) is 17.8 Å². The number of imide groups is 2. The first-order valence-corrected chi connectivity index (χ1v) is 10.2. The number of nitrogens with zero attached hydrogens (tertiary/aromatic N) is 3. The highest BCUT2D eigenvalue weighted by Gasteiger charge is 2.63. The van der Waals surface area contributed by atoms with Crippen molar-refractivity contribution >= 4 is 46.5 Å². The smallest absolute Gasteiger partial charge is 0.335 e. The van der Waals surface area contributed by atoms with Crippen molar-refractivity contribution in [1.82, 2.24) is 5.32 Å². The maximum absolute atomic E-state index is 13.8. The summed E-state index contributed by atoms with van der Waals surface area (Å²) in [5.41, 5.74) is -0.106. The highest BCUT2D eigenvalue weighted by atomic mass is 35.5. The number of rotatable bonds is 2. The van der Waals surface area contributed by atoms with Gasteiger partial charge in [0.25, 0.3) is 11.6 Å². The summed E-state index contributed by atoms with van der Waals surface area (Å²) < 4.78 is 0. The molecule has 0 radical (unpaired) electrons. The molecule has 2 fully saturated rings. The van der Waals surface area contributed by atoms with Crippen molar-refractivity contribution in [2.75, 3.05) is 16.3 Å². The molecule has 1 spiro atoms. The third-order valence-electron chi connectivity index (χ3n) is 6.35. The summed E-state index contributed by atoms with van der Waals surface area (Å²) in [6, 6.07) is 9.50. The second-order valence-electron chi connectivity index (χ2n) is 7.95. The zero-order chi connectivity index (χ0) is 21.9. The number of urea groups is 1. The zero-order valence-corrected chi connectivity index (χ0v) is 17.0. The van der Waals surface area contributed by atoms with Crippen molar-refractivity contribution < 1.29 is 19.3 Å². The number of nitro benzene ring substituents is 1. The van der Waals surface area contributed by atoms with Crippen molar-refractivity contribution in [2.24, 2.45) is 5.41 Å². The Hall–Kier alpha value is -3.46. The van der Waals surface area contributed by atoms with Crippen LogP contribution >= 0.6 is 11.6 Å². The van der Waals surface area contributed by atoms with E-state index in [1.54, 1.807) is 24.3 Å². The summed E-state index contributed by atoms with van der Waals surface area (Å²) in [7, 11) is 0. The van der Waals surface area contributed by atoms with Gasteiger partial charge in [-0.1, -0.05) is 17.7 Å². The lowest BCUT2D eigenvalue weighted by Gasteiger charge is -2.49. The first kappa shape index (κ1) is 19.5. The number of carbonyl (C=O) groups excluding carboxylic acids is 3. The van der Waals surface area contributed by atoms with E-state index in [1.807, 2.05) is 4.90 Å². The summed E-state index contributed by atoms with van der Waals surface area (Å²) in [5.74, 6) is -1.31. The number of fused-ring (bicyclic) bond motifs is 4. The van der Waals surface area contributed by atoms with Gasteiger partial charge in [-0.3, -0.25) is 25.0 Å². The highest BCUT2D eigenvalue weighted by molar-refractivity contribution is 6.33. The SMILES string of the molecule is O=C1NC(=O)C2(Cc3cc([N+](=O)[O-])ccc3N3CCCC32)C(=O)N1c1cccc(Cl)c1. The standard InChI is InChI=1S/C21H17ClN4O5/c22-13-3-1-4-14(10-13)25-19(28)21(18(27)23-20(25)29)11-12-9-15(26(30)31)6-7-16(12)24-8-2-5-17(21)24/h1,3-4,6-7,9-10,17H,2,5,8,11H2,(H,23,27,29). The topological polar surface area (TPSA) is 113 Å². The third kappa shape index (κ3) is 2.73. The molecule has 2 unspecified atom stereocenters. The van der Waals surface area contributed by atoms with Crippen LogP contribution in [0.15, 0.2) is 42.5 Å². The van der Waals surface area contributed by atoms with Gasteiger partial charge in [0.2, 0.25) is 5.91 Å². The molecule has 3 heterocycles. The average molecular weight is 441 g/mol. The molecule has 0 bridgehead atoms. The molecule has 3 aliphatic heterocycles. The Labute approximate surface area is 181 Å². The number of amides is 4. The van der Waals surface area contributed by atoms with Crippen LogP contribution < -0.4 is 15.1 Å². The molecule has 0 saturated carbocycles. The Morgan fingerprint density at radius 1 is 1.16 bits per heavy atom. The van der Waals surface area contributed by atoms with E-state index < -0.39 is 34.2 Å². The largest absolute Gasteiger partial charge is 0.367 e. The highest BCUT2D eigenvalue weighted by Crippen LogP contribution is 2.49. The van der Waals surface area contributed by atoms with E-state index in [1.165, 1.54) is 18.2 Å². The molecule has 0 aromatic heterocycles. The molecule has 2 aromatic carbocycles. The first-order chi connectivity index (χ1) is 14.8. The average Bonchev–Trinajstić information content (AvgIpc) is 3.22. The van der Waals surface area contributed by atoms with Crippen LogP contribution in [0.25, 0.3) is 0 Å². The molecule has 2 aromatic rings. The van der Waals surface area contributed by atoms with Gasteiger partial charge in [-0.15, -0.1) is 0 Å². The second kappa shape index (κ2) is 6.78. The molecule has 5 rings (SSSR count). The van der Waals surface area contributed by atoms with E-state index in [2.05, 4.69) is 5.32 Å². The van der Waals surface area contributed by atoms with Gasteiger partial charge in [-0.25, -0.2) is 9.69 Å². The summed E-state index contributed by atoms with van der Waals surface area (Å²) >= 11 is 6.06. The van der Waals surface area contributed by atoms with Gasteiger partial charge in [0, 0.05) is 35.8 Å². The lowest BCUT2D eigenvalue weighted by molar-refractivity contribution is -0.384. The Balaban J connectivity index is 1.67. The molecule has 4 amide bonds. The molecular formula is C21H17ClN4O5. The number of barbiturate groups is 1. The van der Waals surface area contributed by atoms with Crippen LogP contribution in [-0.4, -0.2) is 35.4 Å². The molecule has 2 saturated heterocycles. The molecule has 3 aliphatic rings. The first-order valence-electron chi connectivity index (χ1n) is 9.82. The molecule has 9 nitrogen and oxygen atoms in total. The number of hydrogen-bond donors (Lipinski definition) is 1. The zero-order valence-electron chi connectivity index (χ0n) is 16.2. The fourth-order valence-corrected chi connectivity index (χ4v) is 5.23. The fourth-order valence-electron chi connectivity index (χ4n) is 5.05. The van der Waals surface area contributed by atoms with Gasteiger partial charge in [-0.05, 0) is 42.7 Å². The van der Waals surface area contributed by atoms with Gasteiger partial charge in [0.15, 0.2) is 5.41 Å². The molecule has 1 N–H and O–H groups in total. The fraction of sp³-hybridized carbons (Fsp3) is 0.286. The van der Waals surface area contributed by atoms with Crippen molar-refractivity contribution in [3.05, 3.63) is 63.2 Å². The summed E-state index contributed by atoms with van der Waals surface area (Å²) in [6.07, 6.45) is 1.32. The number of non-ortho nitro benzene ring substituents is 1. The lowest BCUT2D eigenvalue weighted by Crippen LogP contribution is -2.71. The van der Waals surface area contributed by atoms with E-state index in [9.17, 15) is 24.5 Å². The Morgan fingerprint density at radius 3 is 2.71 bits per heavy atom. The minimum atomic E-state index is -1.57. The van der Waals surface area contributed by atoms with Crippen LogP contribution in [0.3, 0.4) is 0 Å². The third-order valence-corrected chi connectivity index (χ3v) is 6.59. The quantitative estimate of drug-likeness (QED) is 0.436. The van der Waals surface area contributed by atoms with Crippen LogP contribution in [0, 0.1) is 15.5 Å². The van der Waals surface area contributed by atoms with E-state index >= 15 is 0 Å². The van der Waals surface area contributed by atoms with E-state index in [4.69, 9.17) is 11.6 Å². The van der Waals surface area contributed by atoms with Crippen LogP contribution in [0.1, 0.15) is 18.4 Å². The lowest BCUT2D eigenvalue weighted by atomic mass is 9.68. The molecule has 31 heavy (non-hydrogen) atoms. The predicted octanol–water partition coefficient (Wildman–Crippen LogP) is 3.04. The number of anilines is 2. The molecule has 158 valence electrons. The Morgan fingerprint density at radius 2 is 1.97 bits per heavy atom. The number of nitro groups is 1. The van der Waals surface area contributed by atoms with Crippen LogP contribution in [-0.2, 0) is 16.0 Å². The number of carbonyl (C=O) groups is 3. The normalized spacial score (nSPS) is 24.8. The van der Waals surface area contributed by atoms with Crippen LogP contribution in [0.5, 0.6) is 0 Å². The Bertz CT molecular complexity index is 1170. The Kier molecular flexibility index (Phi) is 4.26. The van der Waals surface area contributed by atoms with Crippen molar-refractivity contribution in [3.63, 3.8) is 0 Å². The van der Waals surface area contributed by atoms with E-state index in [0.29, 0.717) is 23.6 Å². The molecule has 2 atom stereocenters. The van der Waals surface area contributed by atoms with Crippen molar-refractivity contribution in [1.29, 1.82) is 0 Å². The maximum atomic E-state index is 13.8. The van der Waals surface area contributed by atoms with Crippen LogP contribution in [0.4, 0.5) is 21.9 Å². The summed E-state index contributed by atoms with van der Waals surface area (Å²) in [5, 5.41) is 14.0. The van der Waals surface area contributed by atoms with Crippen LogP contribution in [0.2, 0.25) is 5.02 Å². The van der Waals surface area contributed by atoms with Gasteiger partial charge in [0.05, 0.1) is 16.7 Å². The van der Waals surface area contributed by atoms with Gasteiger partial charge >= 0.3 is 6.03 Å². The van der Waals surface area contributed by atoms with E-state index in [0.717, 1.165) is 17.0 Å². The maximum Gasteiger partial charge on any atom is 0.335 e. The number of hydrogen-bond acceptors (Lipinski definition) is 6. The number of halogens is 1. The van der Waals surface area contributed by atoms with Crippen molar-refractivity contribution in [2.45, 2.75) is 25.3 Å². The van der Waals surface area contributed by atoms with Gasteiger partial charge in [0.1, 0.15) is 0 Å². The second-order valence-corrected chi connectivity index (χ2v) is 8.39. The summed E-state index contributed by atoms with van der Waals surface area (Å²) in [4.78, 5) is 53.5. The van der Waals surface area contributed by atoms with Gasteiger partial charge in [-0.2, -0.15) is 0 Å². The minimum absolute atomic E-state index is 0.0276. The predicted molar refractivity (Wildman–Crippen MR) is 112 cm³/mol. The molecular weight excluding hydrogens is 424 g/mol. The number of nitrogens with one attached hydrogen (secondary N) is 1. The summed E-state index contributed by atoms with van der Waals surface area (Å²) in [6.45, 7) is 0.614. The minimum Gasteiger partial charge on any atom is -0.367 e. The van der Waals surface area contributed by atoms with Gasteiger partial charge < -0.3 is 4.90 Å².